The average Bonchev–Trinajstić information content (AvgIpc) is 2.96. The lowest BCUT2D eigenvalue weighted by Crippen LogP contribution is -2.39. The van der Waals surface area contributed by atoms with Gasteiger partial charge in [-0.15, -0.1) is 0 Å². The fourth-order valence-corrected chi connectivity index (χ4v) is 5.41. The Morgan fingerprint density at radius 1 is 0.975 bits per heavy atom. The molecular formula is C25H24N6O8S. The Morgan fingerprint density at radius 3 is 2.23 bits per heavy atom. The molecule has 3 aromatic rings. The van der Waals surface area contributed by atoms with Gasteiger partial charge in [0.2, 0.25) is 0 Å². The first-order valence-electron chi connectivity index (χ1n) is 11.9. The number of carbonyl (C=O) groups excluding carboxylic acids is 1. The molecule has 40 heavy (non-hydrogen) atoms. The number of nitrogens with zero attached hydrogens (tertiary/aromatic N) is 5. The summed E-state index contributed by atoms with van der Waals surface area (Å²) in [5, 5.41) is 26.3. The summed E-state index contributed by atoms with van der Waals surface area (Å²) >= 11 is 0. The van der Waals surface area contributed by atoms with Gasteiger partial charge in [0.1, 0.15) is 6.54 Å². The first kappa shape index (κ1) is 28.1. The monoisotopic (exact) mass is 568 g/mol. The molecule has 0 radical (unpaired) electrons. The van der Waals surface area contributed by atoms with Crippen LogP contribution >= 0.6 is 0 Å². The van der Waals surface area contributed by atoms with Crippen molar-refractivity contribution in [3.8, 4) is 0 Å². The van der Waals surface area contributed by atoms with E-state index in [1.807, 2.05) is 4.90 Å². The predicted octanol–water partition coefficient (Wildman–Crippen LogP) is 2.69. The van der Waals surface area contributed by atoms with E-state index < -0.39 is 32.3 Å². The van der Waals surface area contributed by atoms with E-state index in [9.17, 15) is 33.4 Å². The van der Waals surface area contributed by atoms with Gasteiger partial charge in [0, 0.05) is 48.6 Å². The summed E-state index contributed by atoms with van der Waals surface area (Å²) in [7, 11) is -4.24. The molecule has 0 saturated carbocycles. The van der Waals surface area contributed by atoms with Crippen molar-refractivity contribution in [2.45, 2.75) is 4.90 Å². The molecule has 1 heterocycles. The van der Waals surface area contributed by atoms with Crippen LogP contribution < -0.4 is 14.6 Å². The summed E-state index contributed by atoms with van der Waals surface area (Å²) in [5.41, 5.74) is 2.92. The van der Waals surface area contributed by atoms with Gasteiger partial charge in [-0.1, -0.05) is 18.2 Å². The Kier molecular flexibility index (Phi) is 8.66. The van der Waals surface area contributed by atoms with Crippen LogP contribution in [-0.4, -0.2) is 63.2 Å². The van der Waals surface area contributed by atoms with Gasteiger partial charge in [-0.2, -0.15) is 5.10 Å². The topological polar surface area (TPSA) is 178 Å². The molecule has 3 aromatic carbocycles. The summed E-state index contributed by atoms with van der Waals surface area (Å²) < 4.78 is 33.0. The molecule has 0 atom stereocenters. The van der Waals surface area contributed by atoms with Crippen molar-refractivity contribution >= 4 is 44.9 Å². The Hall–Kier alpha value is -4.89. The van der Waals surface area contributed by atoms with E-state index in [1.54, 1.807) is 12.1 Å². The van der Waals surface area contributed by atoms with E-state index >= 15 is 0 Å². The fraction of sp³-hybridized carbons (Fsp3) is 0.200. The minimum atomic E-state index is -4.24. The number of nitrogens with one attached hydrogen (secondary N) is 1. The van der Waals surface area contributed by atoms with E-state index in [4.69, 9.17) is 4.74 Å². The number of sulfonamides is 1. The summed E-state index contributed by atoms with van der Waals surface area (Å²) in [6, 6.07) is 16.4. The van der Waals surface area contributed by atoms with E-state index in [-0.39, 0.29) is 22.0 Å². The van der Waals surface area contributed by atoms with Crippen LogP contribution in [0.2, 0.25) is 0 Å². The highest BCUT2D eigenvalue weighted by Gasteiger charge is 2.27. The molecule has 14 nitrogen and oxygen atoms in total. The second kappa shape index (κ2) is 12.3. The Morgan fingerprint density at radius 2 is 1.60 bits per heavy atom. The maximum Gasteiger partial charge on any atom is 0.270 e. The van der Waals surface area contributed by atoms with Crippen molar-refractivity contribution in [1.29, 1.82) is 0 Å². The molecule has 0 unspecified atom stereocenters. The van der Waals surface area contributed by atoms with Crippen molar-refractivity contribution < 1.29 is 27.8 Å². The lowest BCUT2D eigenvalue weighted by atomic mass is 10.1. The van der Waals surface area contributed by atoms with Crippen LogP contribution in [0.3, 0.4) is 0 Å². The third-order valence-corrected chi connectivity index (χ3v) is 7.72. The van der Waals surface area contributed by atoms with Crippen LogP contribution in [0.15, 0.2) is 82.8 Å². The number of nitro benzene ring substituents is 2. The van der Waals surface area contributed by atoms with Crippen LogP contribution in [0, 0.1) is 20.2 Å². The molecule has 15 heteroatoms. The highest BCUT2D eigenvalue weighted by Crippen LogP contribution is 2.27. The number of benzene rings is 3. The molecule has 0 spiro atoms. The van der Waals surface area contributed by atoms with E-state index in [1.165, 1.54) is 54.7 Å². The van der Waals surface area contributed by atoms with E-state index in [0.717, 1.165) is 16.4 Å². The van der Waals surface area contributed by atoms with Crippen molar-refractivity contribution in [2.75, 3.05) is 42.1 Å². The van der Waals surface area contributed by atoms with Crippen LogP contribution in [0.5, 0.6) is 0 Å². The Labute approximate surface area is 228 Å². The molecule has 4 rings (SSSR count). The quantitative estimate of drug-likeness (QED) is 0.219. The molecule has 0 bridgehead atoms. The lowest BCUT2D eigenvalue weighted by Gasteiger charge is -2.29. The van der Waals surface area contributed by atoms with Gasteiger partial charge in [-0.3, -0.25) is 29.3 Å². The summed E-state index contributed by atoms with van der Waals surface area (Å²) in [4.78, 5) is 35.9. The van der Waals surface area contributed by atoms with Gasteiger partial charge in [0.05, 0.1) is 39.9 Å². The van der Waals surface area contributed by atoms with E-state index in [2.05, 4.69) is 10.5 Å². The number of anilines is 2. The SMILES string of the molecule is O=C(CN(c1ccc([N+](=O)[O-])cc1)S(=O)(=O)c1ccccc1)N/N=C\c1cc([N+](=O)[O-])ccc1N1CCOCC1. The Bertz CT molecular complexity index is 1520. The first-order valence-corrected chi connectivity index (χ1v) is 13.4. The number of rotatable bonds is 10. The number of nitro groups is 2. The standard InChI is InChI=1S/C25H24N6O8S/c32-25(27-26-17-19-16-22(31(35)36)10-11-24(19)28-12-14-39-15-13-28)18-29(20-6-8-21(9-7-20)30(33)34)40(37,38)23-4-2-1-3-5-23/h1-11,16-17H,12-15,18H2,(H,27,32)/b26-17-. The molecule has 1 aliphatic rings. The van der Waals surface area contributed by atoms with Gasteiger partial charge in [-0.25, -0.2) is 13.8 Å². The molecule has 0 aromatic heterocycles. The maximum absolute atomic E-state index is 13.4. The largest absolute Gasteiger partial charge is 0.378 e. The molecule has 0 aliphatic carbocycles. The smallest absolute Gasteiger partial charge is 0.270 e. The molecule has 1 N–H and O–H groups in total. The second-order valence-corrected chi connectivity index (χ2v) is 10.4. The van der Waals surface area contributed by atoms with Crippen LogP contribution in [0.4, 0.5) is 22.7 Å². The number of non-ortho nitro benzene ring substituents is 2. The molecule has 1 amide bonds. The van der Waals surface area contributed by atoms with Gasteiger partial charge in [0.25, 0.3) is 27.3 Å². The number of amides is 1. The lowest BCUT2D eigenvalue weighted by molar-refractivity contribution is -0.385. The van der Waals surface area contributed by atoms with Crippen molar-refractivity contribution in [3.63, 3.8) is 0 Å². The number of hydrogen-bond donors (Lipinski definition) is 1. The number of hydrogen-bond acceptors (Lipinski definition) is 10. The van der Waals surface area contributed by atoms with Crippen LogP contribution in [0.1, 0.15) is 5.56 Å². The fourth-order valence-electron chi connectivity index (χ4n) is 3.97. The highest BCUT2D eigenvalue weighted by atomic mass is 32.2. The average molecular weight is 569 g/mol. The van der Waals surface area contributed by atoms with Crippen LogP contribution in [0.25, 0.3) is 0 Å². The Balaban J connectivity index is 1.58. The van der Waals surface area contributed by atoms with E-state index in [0.29, 0.717) is 37.6 Å². The van der Waals surface area contributed by atoms with Crippen molar-refractivity contribution in [3.05, 3.63) is 98.6 Å². The molecule has 208 valence electrons. The van der Waals surface area contributed by atoms with Crippen molar-refractivity contribution in [2.24, 2.45) is 5.10 Å². The third-order valence-electron chi connectivity index (χ3n) is 5.93. The molecule has 1 saturated heterocycles. The van der Waals surface area contributed by atoms with Gasteiger partial charge < -0.3 is 9.64 Å². The summed E-state index contributed by atoms with van der Waals surface area (Å²) in [6.07, 6.45) is 1.25. The molecular weight excluding hydrogens is 544 g/mol. The zero-order chi connectivity index (χ0) is 28.7. The predicted molar refractivity (Wildman–Crippen MR) is 146 cm³/mol. The second-order valence-electron chi connectivity index (χ2n) is 8.49. The minimum absolute atomic E-state index is 0.0295. The number of carbonyl (C=O) groups is 1. The molecule has 1 aliphatic heterocycles. The highest BCUT2D eigenvalue weighted by molar-refractivity contribution is 7.92. The van der Waals surface area contributed by atoms with Crippen LogP contribution in [-0.2, 0) is 19.6 Å². The summed E-state index contributed by atoms with van der Waals surface area (Å²) in [5.74, 6) is -0.813. The maximum atomic E-state index is 13.4. The third kappa shape index (κ3) is 6.57. The number of morpholine rings is 1. The number of hydrazone groups is 1. The zero-order valence-corrected chi connectivity index (χ0v) is 21.8. The normalized spacial score (nSPS) is 13.7. The first-order chi connectivity index (χ1) is 19.2. The number of ether oxygens (including phenoxy) is 1. The minimum Gasteiger partial charge on any atom is -0.378 e. The molecule has 1 fully saturated rings. The summed E-state index contributed by atoms with van der Waals surface area (Å²) in [6.45, 7) is 1.40. The zero-order valence-electron chi connectivity index (χ0n) is 21.0. The van der Waals surface area contributed by atoms with Gasteiger partial charge >= 0.3 is 0 Å². The van der Waals surface area contributed by atoms with Gasteiger partial charge in [-0.05, 0) is 30.3 Å². The van der Waals surface area contributed by atoms with Gasteiger partial charge in [0.15, 0.2) is 0 Å². The van der Waals surface area contributed by atoms with Crippen molar-refractivity contribution in [1.82, 2.24) is 5.43 Å².